The summed E-state index contributed by atoms with van der Waals surface area (Å²) in [6, 6.07) is 11.4. The van der Waals surface area contributed by atoms with E-state index in [1.165, 1.54) is 29.0 Å². The summed E-state index contributed by atoms with van der Waals surface area (Å²) in [5.74, 6) is -1.52. The van der Waals surface area contributed by atoms with E-state index in [9.17, 15) is 13.9 Å². The lowest BCUT2D eigenvalue weighted by Crippen LogP contribution is -2.44. The van der Waals surface area contributed by atoms with Crippen molar-refractivity contribution in [1.29, 1.82) is 0 Å². The van der Waals surface area contributed by atoms with Crippen molar-refractivity contribution in [3.8, 4) is 0 Å². The van der Waals surface area contributed by atoms with Crippen molar-refractivity contribution in [3.05, 3.63) is 95.3 Å². The van der Waals surface area contributed by atoms with Crippen LogP contribution < -0.4 is 0 Å². The number of halogens is 2. The lowest BCUT2D eigenvalue weighted by Gasteiger charge is -2.34. The molecule has 10 heteroatoms. The van der Waals surface area contributed by atoms with E-state index in [2.05, 4.69) is 44.7 Å². The lowest BCUT2D eigenvalue weighted by molar-refractivity contribution is -0.0239. The molecular formula is C25H29F2N7O. The van der Waals surface area contributed by atoms with E-state index >= 15 is 0 Å². The summed E-state index contributed by atoms with van der Waals surface area (Å²) in [5, 5.41) is 24.3. The highest BCUT2D eigenvalue weighted by Gasteiger charge is 2.35. The molecule has 1 atom stereocenters. The highest BCUT2D eigenvalue weighted by Crippen LogP contribution is 2.28. The van der Waals surface area contributed by atoms with Crippen LogP contribution in [-0.4, -0.2) is 52.9 Å². The summed E-state index contributed by atoms with van der Waals surface area (Å²) in [5.41, 5.74) is 1.36. The van der Waals surface area contributed by atoms with Crippen LogP contribution in [0.25, 0.3) is 0 Å². The van der Waals surface area contributed by atoms with Crippen molar-refractivity contribution in [2.45, 2.75) is 45.5 Å². The van der Waals surface area contributed by atoms with Crippen LogP contribution in [0.15, 0.2) is 61.3 Å². The van der Waals surface area contributed by atoms with Gasteiger partial charge in [-0.3, -0.25) is 4.90 Å². The molecule has 0 amide bonds. The largest absolute Gasteiger partial charge is 0.382 e. The minimum absolute atomic E-state index is 0.00136. The van der Waals surface area contributed by atoms with Gasteiger partial charge >= 0.3 is 0 Å². The number of aryl methyl sites for hydroxylation is 1. The molecule has 1 unspecified atom stereocenters. The maximum Gasteiger partial charge on any atom is 0.137 e. The zero-order valence-corrected chi connectivity index (χ0v) is 19.8. The fourth-order valence-electron chi connectivity index (χ4n) is 4.17. The van der Waals surface area contributed by atoms with Crippen molar-refractivity contribution in [2.75, 3.05) is 13.1 Å². The standard InChI is InChI=1S/C25H29F2N7O/c1-3-10-32(13-22-14-33(31-30-22)12-20-6-4-19(2)5-7-20)15-25(35,16-34-18-28-17-29-34)23-9-8-21(26)11-24(23)27/h4-9,11,14,17-18,35H,3,10,12-13,15-16H2,1-2H3. The van der Waals surface area contributed by atoms with Gasteiger partial charge in [0.05, 0.1) is 25.0 Å². The smallest absolute Gasteiger partial charge is 0.137 e. The summed E-state index contributed by atoms with van der Waals surface area (Å²) in [4.78, 5) is 5.90. The predicted molar refractivity (Wildman–Crippen MR) is 126 cm³/mol. The molecular weight excluding hydrogens is 452 g/mol. The van der Waals surface area contributed by atoms with Crippen LogP contribution in [0, 0.1) is 18.6 Å². The van der Waals surface area contributed by atoms with Gasteiger partial charge in [-0.15, -0.1) is 5.10 Å². The van der Waals surface area contributed by atoms with Crippen molar-refractivity contribution in [1.82, 2.24) is 34.7 Å². The number of hydrogen-bond acceptors (Lipinski definition) is 6. The third-order valence-corrected chi connectivity index (χ3v) is 5.78. The van der Waals surface area contributed by atoms with E-state index in [1.807, 2.05) is 24.9 Å². The van der Waals surface area contributed by atoms with Crippen LogP contribution in [0.1, 0.15) is 35.7 Å². The summed E-state index contributed by atoms with van der Waals surface area (Å²) in [6.45, 7) is 5.73. The van der Waals surface area contributed by atoms with Gasteiger partial charge in [0, 0.05) is 24.7 Å². The molecule has 184 valence electrons. The maximum atomic E-state index is 14.8. The first-order chi connectivity index (χ1) is 16.8. The van der Waals surface area contributed by atoms with Gasteiger partial charge in [-0.05, 0) is 31.5 Å². The molecule has 0 saturated heterocycles. The SMILES string of the molecule is CCCN(Cc1cn(Cc2ccc(C)cc2)nn1)CC(O)(Cn1cncn1)c1ccc(F)cc1F. The minimum Gasteiger partial charge on any atom is -0.382 e. The quantitative estimate of drug-likeness (QED) is 0.354. The minimum atomic E-state index is -1.68. The first-order valence-electron chi connectivity index (χ1n) is 11.5. The molecule has 0 aliphatic carbocycles. The number of nitrogens with zero attached hydrogens (tertiary/aromatic N) is 7. The summed E-state index contributed by atoms with van der Waals surface area (Å²) in [7, 11) is 0. The van der Waals surface area contributed by atoms with Crippen molar-refractivity contribution in [2.24, 2.45) is 0 Å². The number of rotatable bonds is 11. The van der Waals surface area contributed by atoms with Crippen molar-refractivity contribution >= 4 is 0 Å². The normalized spacial score (nSPS) is 13.3. The Morgan fingerprint density at radius 2 is 1.89 bits per heavy atom. The molecule has 0 saturated carbocycles. The Morgan fingerprint density at radius 3 is 2.57 bits per heavy atom. The summed E-state index contributed by atoms with van der Waals surface area (Å²) in [6.07, 6.45) is 5.48. The zero-order chi connectivity index (χ0) is 24.8. The maximum absolute atomic E-state index is 14.8. The molecule has 0 radical (unpaired) electrons. The van der Waals surface area contributed by atoms with Gasteiger partial charge < -0.3 is 5.11 Å². The Morgan fingerprint density at radius 1 is 1.09 bits per heavy atom. The zero-order valence-electron chi connectivity index (χ0n) is 19.8. The first kappa shape index (κ1) is 24.6. The van der Waals surface area contributed by atoms with E-state index in [4.69, 9.17) is 0 Å². The Balaban J connectivity index is 1.54. The second-order valence-electron chi connectivity index (χ2n) is 8.85. The Kier molecular flexibility index (Phi) is 7.62. The Hall–Kier alpha value is -3.50. The average Bonchev–Trinajstić information content (AvgIpc) is 3.47. The van der Waals surface area contributed by atoms with E-state index in [0.717, 1.165) is 29.8 Å². The molecule has 8 nitrogen and oxygen atoms in total. The average molecular weight is 482 g/mol. The molecule has 35 heavy (non-hydrogen) atoms. The topological polar surface area (TPSA) is 84.9 Å². The van der Waals surface area contributed by atoms with Gasteiger partial charge in [0.15, 0.2) is 0 Å². The summed E-state index contributed by atoms with van der Waals surface area (Å²) >= 11 is 0. The lowest BCUT2D eigenvalue weighted by atomic mass is 9.92. The molecule has 0 spiro atoms. The Labute approximate surface area is 202 Å². The molecule has 0 bridgehead atoms. The molecule has 0 aliphatic rings. The number of hydrogen-bond donors (Lipinski definition) is 1. The van der Waals surface area contributed by atoms with E-state index in [0.29, 0.717) is 19.6 Å². The molecule has 0 fully saturated rings. The van der Waals surface area contributed by atoms with Gasteiger partial charge in [0.25, 0.3) is 0 Å². The van der Waals surface area contributed by atoms with Crippen LogP contribution in [-0.2, 0) is 25.2 Å². The highest BCUT2D eigenvalue weighted by atomic mass is 19.1. The molecule has 1 N–H and O–H groups in total. The van der Waals surface area contributed by atoms with Crippen molar-refractivity contribution in [3.63, 3.8) is 0 Å². The predicted octanol–water partition coefficient (Wildman–Crippen LogP) is 3.30. The van der Waals surface area contributed by atoms with Crippen LogP contribution in [0.5, 0.6) is 0 Å². The third-order valence-electron chi connectivity index (χ3n) is 5.78. The molecule has 4 rings (SSSR count). The third kappa shape index (κ3) is 6.34. The monoisotopic (exact) mass is 481 g/mol. The second kappa shape index (κ2) is 10.8. The molecule has 0 aliphatic heterocycles. The molecule has 2 heterocycles. The van der Waals surface area contributed by atoms with E-state index < -0.39 is 17.2 Å². The van der Waals surface area contributed by atoms with Gasteiger partial charge in [-0.1, -0.05) is 48.0 Å². The molecule has 2 aromatic carbocycles. The second-order valence-corrected chi connectivity index (χ2v) is 8.85. The van der Waals surface area contributed by atoms with Crippen LogP contribution in [0.2, 0.25) is 0 Å². The summed E-state index contributed by atoms with van der Waals surface area (Å²) < 4.78 is 31.6. The van der Waals surface area contributed by atoms with Crippen molar-refractivity contribution < 1.29 is 13.9 Å². The fraction of sp³-hybridized carbons (Fsp3) is 0.360. The van der Waals surface area contributed by atoms with Gasteiger partial charge in [0.2, 0.25) is 0 Å². The van der Waals surface area contributed by atoms with Crippen LogP contribution in [0.3, 0.4) is 0 Å². The Bertz CT molecular complexity index is 1230. The number of benzene rings is 2. The molecule has 2 aromatic heterocycles. The van der Waals surface area contributed by atoms with Gasteiger partial charge in [-0.2, -0.15) is 5.10 Å². The first-order valence-corrected chi connectivity index (χ1v) is 11.5. The van der Waals surface area contributed by atoms with Crippen LogP contribution >= 0.6 is 0 Å². The van der Waals surface area contributed by atoms with E-state index in [1.54, 1.807) is 4.68 Å². The van der Waals surface area contributed by atoms with Crippen LogP contribution in [0.4, 0.5) is 8.78 Å². The number of aliphatic hydroxyl groups is 1. The molecule has 4 aromatic rings. The van der Waals surface area contributed by atoms with E-state index in [-0.39, 0.29) is 18.7 Å². The van der Waals surface area contributed by atoms with Gasteiger partial charge in [-0.25, -0.2) is 23.1 Å². The van der Waals surface area contributed by atoms with Gasteiger partial charge in [0.1, 0.15) is 29.9 Å². The number of aromatic nitrogens is 6. The highest BCUT2D eigenvalue weighted by molar-refractivity contribution is 5.26. The fourth-order valence-corrected chi connectivity index (χ4v) is 4.17.